The zero-order valence-electron chi connectivity index (χ0n) is 18.5. The molecule has 8 heteroatoms. The molecule has 1 aliphatic carbocycles. The van der Waals surface area contributed by atoms with Crippen LogP contribution in [0.25, 0.3) is 0 Å². The van der Waals surface area contributed by atoms with Gasteiger partial charge in [0.1, 0.15) is 11.4 Å². The lowest BCUT2D eigenvalue weighted by atomic mass is 9.84. The summed E-state index contributed by atoms with van der Waals surface area (Å²) in [5.41, 5.74) is 1.38. The fourth-order valence-corrected chi connectivity index (χ4v) is 4.31. The number of nitrogens with zero attached hydrogens (tertiary/aromatic N) is 3. The minimum atomic E-state index is -0.0559. The van der Waals surface area contributed by atoms with E-state index in [1.807, 2.05) is 36.1 Å². The largest absolute Gasteiger partial charge is 0.494 e. The quantitative estimate of drug-likeness (QED) is 0.655. The molecule has 2 heterocycles. The summed E-state index contributed by atoms with van der Waals surface area (Å²) < 4.78 is 5.45. The third kappa shape index (κ3) is 5.62. The fourth-order valence-electron chi connectivity index (χ4n) is 4.31. The second-order valence-electron chi connectivity index (χ2n) is 8.44. The number of hydrogen-bond acceptors (Lipinski definition) is 6. The van der Waals surface area contributed by atoms with E-state index in [2.05, 4.69) is 20.6 Å². The first-order chi connectivity index (χ1) is 15.6. The molecule has 1 saturated carbocycles. The molecule has 2 atom stereocenters. The van der Waals surface area contributed by atoms with Gasteiger partial charge < -0.3 is 20.3 Å². The van der Waals surface area contributed by atoms with Crippen LogP contribution in [0.4, 0.5) is 0 Å². The van der Waals surface area contributed by atoms with Gasteiger partial charge in [0.05, 0.1) is 19.2 Å². The lowest BCUT2D eigenvalue weighted by Gasteiger charge is -2.42. The Morgan fingerprint density at radius 2 is 1.81 bits per heavy atom. The van der Waals surface area contributed by atoms with Crippen molar-refractivity contribution >= 4 is 11.8 Å². The predicted octanol–water partition coefficient (Wildman–Crippen LogP) is 1.96. The summed E-state index contributed by atoms with van der Waals surface area (Å²) in [4.78, 5) is 34.9. The van der Waals surface area contributed by atoms with Crippen LogP contribution in [0.5, 0.6) is 5.75 Å². The van der Waals surface area contributed by atoms with Crippen LogP contribution in [-0.4, -0.2) is 64.5 Å². The van der Waals surface area contributed by atoms with Gasteiger partial charge in [0.25, 0.3) is 5.91 Å². The van der Waals surface area contributed by atoms with Crippen molar-refractivity contribution in [2.45, 2.75) is 57.2 Å². The molecule has 2 amide bonds. The average Bonchev–Trinajstić information content (AvgIpc) is 2.82. The van der Waals surface area contributed by atoms with Gasteiger partial charge in [-0.3, -0.25) is 14.6 Å². The molecule has 1 aromatic carbocycles. The fraction of sp³-hybridized carbons (Fsp3) is 0.500. The van der Waals surface area contributed by atoms with Crippen LogP contribution in [0, 0.1) is 0 Å². The first-order valence-electron chi connectivity index (χ1n) is 11.4. The number of likely N-dealkylation sites (tertiary alicyclic amines) is 1. The molecule has 2 N–H and O–H groups in total. The van der Waals surface area contributed by atoms with Crippen LogP contribution in [0.15, 0.2) is 42.9 Å². The lowest BCUT2D eigenvalue weighted by molar-refractivity contribution is -0.122. The summed E-state index contributed by atoms with van der Waals surface area (Å²) in [6.07, 6.45) is 8.86. The minimum Gasteiger partial charge on any atom is -0.494 e. The zero-order valence-corrected chi connectivity index (χ0v) is 18.5. The van der Waals surface area contributed by atoms with Gasteiger partial charge >= 0.3 is 0 Å². The molecule has 8 nitrogen and oxygen atoms in total. The number of amides is 2. The number of hydrogen-bond donors (Lipinski definition) is 2. The Balaban J connectivity index is 1.19. The van der Waals surface area contributed by atoms with Crippen LogP contribution in [0.3, 0.4) is 0 Å². The SMILES string of the molecule is CCOc1ccc(CC(=O)N[C@H]2CC[C@H]2NC2CCN(C(=O)c3cnccn3)CC2)cc1. The molecule has 32 heavy (non-hydrogen) atoms. The number of carbonyl (C=O) groups is 2. The van der Waals surface area contributed by atoms with Gasteiger partial charge in [0.2, 0.25) is 5.91 Å². The molecule has 0 radical (unpaired) electrons. The third-order valence-electron chi connectivity index (χ3n) is 6.23. The van der Waals surface area contributed by atoms with Crippen molar-refractivity contribution in [3.8, 4) is 5.75 Å². The molecule has 2 fully saturated rings. The highest BCUT2D eigenvalue weighted by atomic mass is 16.5. The number of aromatic nitrogens is 2. The summed E-state index contributed by atoms with van der Waals surface area (Å²) >= 11 is 0. The van der Waals surface area contributed by atoms with E-state index in [0.29, 0.717) is 43.9 Å². The van der Waals surface area contributed by atoms with E-state index in [1.54, 1.807) is 12.4 Å². The van der Waals surface area contributed by atoms with E-state index in [9.17, 15) is 9.59 Å². The maximum Gasteiger partial charge on any atom is 0.274 e. The van der Waals surface area contributed by atoms with Crippen molar-refractivity contribution in [1.82, 2.24) is 25.5 Å². The molecule has 4 rings (SSSR count). The second-order valence-corrected chi connectivity index (χ2v) is 8.44. The minimum absolute atomic E-state index is 0.0510. The molecule has 1 aromatic heterocycles. The molecule has 1 saturated heterocycles. The maximum absolute atomic E-state index is 12.5. The summed E-state index contributed by atoms with van der Waals surface area (Å²) in [7, 11) is 0. The molecular formula is C24H31N5O3. The van der Waals surface area contributed by atoms with Crippen molar-refractivity contribution in [2.24, 2.45) is 0 Å². The normalized spacial score (nSPS) is 21.0. The average molecular weight is 438 g/mol. The lowest BCUT2D eigenvalue weighted by Crippen LogP contribution is -2.60. The third-order valence-corrected chi connectivity index (χ3v) is 6.23. The topological polar surface area (TPSA) is 96.5 Å². The first kappa shape index (κ1) is 22.2. The highest BCUT2D eigenvalue weighted by Gasteiger charge is 2.34. The number of nitrogens with one attached hydrogen (secondary N) is 2. The highest BCUT2D eigenvalue weighted by molar-refractivity contribution is 5.92. The Morgan fingerprint density at radius 1 is 1.06 bits per heavy atom. The summed E-state index contributed by atoms with van der Waals surface area (Å²) in [5.74, 6) is 0.819. The zero-order chi connectivity index (χ0) is 22.3. The number of rotatable bonds is 8. The van der Waals surface area contributed by atoms with Gasteiger partial charge in [0, 0.05) is 43.6 Å². The van der Waals surface area contributed by atoms with Crippen molar-refractivity contribution in [3.63, 3.8) is 0 Å². The molecule has 0 unspecified atom stereocenters. The van der Waals surface area contributed by atoms with E-state index in [4.69, 9.17) is 4.74 Å². The van der Waals surface area contributed by atoms with E-state index >= 15 is 0 Å². The standard InChI is InChI=1S/C24H31N5O3/c1-2-32-19-5-3-17(4-6-19)15-23(30)28-21-8-7-20(21)27-18-9-13-29(14-10-18)24(31)22-16-25-11-12-26-22/h3-6,11-12,16,18,20-21,27H,2,7-10,13-15H2,1H3,(H,28,30)/t20-,21+/m1/s1. The maximum atomic E-state index is 12.5. The van der Waals surface area contributed by atoms with E-state index in [-0.39, 0.29) is 17.9 Å². The van der Waals surface area contributed by atoms with Crippen molar-refractivity contribution in [2.75, 3.05) is 19.7 Å². The first-order valence-corrected chi connectivity index (χ1v) is 11.4. The van der Waals surface area contributed by atoms with Gasteiger partial charge in [-0.05, 0) is 50.3 Å². The predicted molar refractivity (Wildman–Crippen MR) is 120 cm³/mol. The molecule has 170 valence electrons. The summed E-state index contributed by atoms with van der Waals surface area (Å²) in [6.45, 7) is 3.99. The van der Waals surface area contributed by atoms with Crippen LogP contribution in [0.1, 0.15) is 48.7 Å². The van der Waals surface area contributed by atoms with Crippen molar-refractivity contribution in [1.29, 1.82) is 0 Å². The van der Waals surface area contributed by atoms with Gasteiger partial charge in [-0.2, -0.15) is 0 Å². The van der Waals surface area contributed by atoms with Gasteiger partial charge in [-0.1, -0.05) is 12.1 Å². The Morgan fingerprint density at radius 3 is 2.44 bits per heavy atom. The Hall–Kier alpha value is -3.00. The van der Waals surface area contributed by atoms with Crippen LogP contribution < -0.4 is 15.4 Å². The molecule has 1 aliphatic heterocycles. The van der Waals surface area contributed by atoms with Crippen LogP contribution >= 0.6 is 0 Å². The highest BCUT2D eigenvalue weighted by Crippen LogP contribution is 2.23. The molecular weight excluding hydrogens is 406 g/mol. The molecule has 2 aromatic rings. The summed E-state index contributed by atoms with van der Waals surface area (Å²) in [5, 5.41) is 6.88. The number of carbonyl (C=O) groups excluding carboxylic acids is 2. The Bertz CT molecular complexity index is 898. The monoisotopic (exact) mass is 437 g/mol. The van der Waals surface area contributed by atoms with E-state index in [0.717, 1.165) is 37.0 Å². The second kappa shape index (κ2) is 10.5. The number of benzene rings is 1. The van der Waals surface area contributed by atoms with Gasteiger partial charge in [0.15, 0.2) is 0 Å². The van der Waals surface area contributed by atoms with Crippen molar-refractivity contribution in [3.05, 3.63) is 54.1 Å². The molecule has 0 bridgehead atoms. The van der Waals surface area contributed by atoms with E-state index < -0.39 is 0 Å². The molecule has 2 aliphatic rings. The van der Waals surface area contributed by atoms with Crippen molar-refractivity contribution < 1.29 is 14.3 Å². The Labute approximate surface area is 188 Å². The Kier molecular flexibility index (Phi) is 7.32. The summed E-state index contributed by atoms with van der Waals surface area (Å²) in [6, 6.07) is 8.52. The molecule has 0 spiro atoms. The smallest absolute Gasteiger partial charge is 0.274 e. The van der Waals surface area contributed by atoms with Crippen LogP contribution in [0.2, 0.25) is 0 Å². The van der Waals surface area contributed by atoms with E-state index in [1.165, 1.54) is 6.20 Å². The van der Waals surface area contributed by atoms with Gasteiger partial charge in [-0.15, -0.1) is 0 Å². The van der Waals surface area contributed by atoms with Crippen LogP contribution in [-0.2, 0) is 11.2 Å². The number of piperidine rings is 1. The number of ether oxygens (including phenoxy) is 1. The van der Waals surface area contributed by atoms with Gasteiger partial charge in [-0.25, -0.2) is 4.98 Å².